The van der Waals surface area contributed by atoms with E-state index >= 15 is 0 Å². The summed E-state index contributed by atoms with van der Waals surface area (Å²) in [7, 11) is 0. The number of carbonyl (C=O) groups is 2. The lowest BCUT2D eigenvalue weighted by Gasteiger charge is -2.27. The number of hydrogen-bond donors (Lipinski definition) is 1. The molecule has 1 fully saturated rings. The minimum atomic E-state index is -2.09. The standard InChI is InChI=1S/C17H21N3O9/c1-5-28-16(22)13-14(9(2)3)18(29-17(13,4)23)15(21)10-6-11(19(24)25)8-12(7-10)20(26)27/h6-9,13-14,23H,5H2,1-4H3/t13-,14+,17-/m1/s1. The number of aliphatic hydroxyl groups is 1. The van der Waals surface area contributed by atoms with E-state index in [4.69, 9.17) is 9.57 Å². The molecule has 0 saturated carbocycles. The maximum atomic E-state index is 13.0. The molecule has 2 rings (SSSR count). The summed E-state index contributed by atoms with van der Waals surface area (Å²) in [5.41, 5.74) is -1.70. The molecule has 0 aliphatic carbocycles. The number of carbonyl (C=O) groups excluding carboxylic acids is 2. The van der Waals surface area contributed by atoms with Gasteiger partial charge in [-0.2, -0.15) is 0 Å². The van der Waals surface area contributed by atoms with E-state index in [1.807, 2.05) is 0 Å². The number of hydrogen-bond acceptors (Lipinski definition) is 9. The van der Waals surface area contributed by atoms with Gasteiger partial charge in [-0.15, -0.1) is 0 Å². The zero-order valence-electron chi connectivity index (χ0n) is 16.2. The van der Waals surface area contributed by atoms with Crippen molar-refractivity contribution < 1.29 is 34.1 Å². The van der Waals surface area contributed by atoms with Crippen LogP contribution in [0.2, 0.25) is 0 Å². The Hall–Kier alpha value is -3.12. The van der Waals surface area contributed by atoms with Crippen LogP contribution in [-0.4, -0.2) is 50.3 Å². The molecule has 12 nitrogen and oxygen atoms in total. The molecule has 1 heterocycles. The third-order valence-electron chi connectivity index (χ3n) is 4.47. The van der Waals surface area contributed by atoms with E-state index in [-0.39, 0.29) is 6.61 Å². The summed E-state index contributed by atoms with van der Waals surface area (Å²) in [6.07, 6.45) is 0. The molecule has 1 aliphatic rings. The van der Waals surface area contributed by atoms with E-state index in [0.717, 1.165) is 23.3 Å². The molecule has 1 aliphatic heterocycles. The number of benzene rings is 1. The average Bonchev–Trinajstić information content (AvgIpc) is 2.92. The quantitative estimate of drug-likeness (QED) is 0.418. The topological polar surface area (TPSA) is 162 Å². The molecule has 29 heavy (non-hydrogen) atoms. The van der Waals surface area contributed by atoms with Gasteiger partial charge in [0.1, 0.15) is 5.92 Å². The van der Waals surface area contributed by atoms with Crippen LogP contribution in [0.3, 0.4) is 0 Å². The van der Waals surface area contributed by atoms with Crippen molar-refractivity contribution in [1.82, 2.24) is 5.06 Å². The molecule has 1 aromatic carbocycles. The number of non-ortho nitro benzene ring substituents is 2. The van der Waals surface area contributed by atoms with Gasteiger partial charge in [0.25, 0.3) is 17.3 Å². The highest BCUT2D eigenvalue weighted by molar-refractivity contribution is 5.96. The first-order chi connectivity index (χ1) is 13.4. The second-order valence-electron chi connectivity index (χ2n) is 6.99. The van der Waals surface area contributed by atoms with Crippen molar-refractivity contribution in [3.05, 3.63) is 44.0 Å². The SMILES string of the molecule is CCOC(=O)[C@H]1[C@H](C(C)C)N(C(=O)c2cc([N+](=O)[O-])cc([N+](=O)[O-])c2)O[C@@]1(C)O. The fourth-order valence-corrected chi connectivity index (χ4v) is 3.25. The van der Waals surface area contributed by atoms with Gasteiger partial charge in [-0.1, -0.05) is 13.8 Å². The Kier molecular flexibility index (Phi) is 6.18. The van der Waals surface area contributed by atoms with Gasteiger partial charge in [-0.25, -0.2) is 9.90 Å². The van der Waals surface area contributed by atoms with E-state index in [0.29, 0.717) is 0 Å². The molecule has 1 amide bonds. The lowest BCUT2D eigenvalue weighted by molar-refractivity contribution is -0.394. The Bertz CT molecular complexity index is 820. The van der Waals surface area contributed by atoms with Crippen LogP contribution in [0, 0.1) is 32.1 Å². The van der Waals surface area contributed by atoms with Crippen LogP contribution < -0.4 is 0 Å². The van der Waals surface area contributed by atoms with Crippen molar-refractivity contribution in [3.8, 4) is 0 Å². The number of nitro groups is 2. The third kappa shape index (κ3) is 4.32. The van der Waals surface area contributed by atoms with Crippen LogP contribution in [0.15, 0.2) is 18.2 Å². The van der Waals surface area contributed by atoms with E-state index in [1.54, 1.807) is 20.8 Å². The molecule has 158 valence electrons. The number of nitrogens with zero attached hydrogens (tertiary/aromatic N) is 3. The molecular formula is C17H21N3O9. The maximum absolute atomic E-state index is 13.0. The van der Waals surface area contributed by atoms with Crippen LogP contribution in [0.25, 0.3) is 0 Å². The summed E-state index contributed by atoms with van der Waals surface area (Å²) in [6, 6.07) is 1.47. The summed E-state index contributed by atoms with van der Waals surface area (Å²) in [5, 5.41) is 33.5. The van der Waals surface area contributed by atoms with E-state index in [1.165, 1.54) is 6.92 Å². The smallest absolute Gasteiger partial charge is 0.316 e. The number of rotatable bonds is 6. The van der Waals surface area contributed by atoms with Gasteiger partial charge in [-0.3, -0.25) is 29.8 Å². The fourth-order valence-electron chi connectivity index (χ4n) is 3.25. The molecule has 1 N–H and O–H groups in total. The average molecular weight is 411 g/mol. The molecule has 0 spiro atoms. The minimum absolute atomic E-state index is 0.0429. The highest BCUT2D eigenvalue weighted by Gasteiger charge is 2.58. The zero-order chi connectivity index (χ0) is 22.1. The lowest BCUT2D eigenvalue weighted by atomic mass is 9.85. The maximum Gasteiger partial charge on any atom is 0.316 e. The van der Waals surface area contributed by atoms with Gasteiger partial charge in [0.2, 0.25) is 5.79 Å². The monoisotopic (exact) mass is 411 g/mol. The molecule has 0 bridgehead atoms. The Balaban J connectivity index is 2.52. The highest BCUT2D eigenvalue weighted by atomic mass is 16.8. The number of ether oxygens (including phenoxy) is 1. The van der Waals surface area contributed by atoms with Gasteiger partial charge >= 0.3 is 5.97 Å². The molecule has 0 aromatic heterocycles. The van der Waals surface area contributed by atoms with E-state index in [9.17, 15) is 34.9 Å². The number of hydroxylamine groups is 2. The molecule has 1 saturated heterocycles. The van der Waals surface area contributed by atoms with Crippen LogP contribution >= 0.6 is 0 Å². The highest BCUT2D eigenvalue weighted by Crippen LogP contribution is 2.40. The number of amides is 1. The molecule has 0 unspecified atom stereocenters. The van der Waals surface area contributed by atoms with Crippen molar-refractivity contribution in [2.45, 2.75) is 39.5 Å². The van der Waals surface area contributed by atoms with Crippen LogP contribution in [0.1, 0.15) is 38.1 Å². The molecule has 0 radical (unpaired) electrons. The van der Waals surface area contributed by atoms with Gasteiger partial charge in [-0.05, 0) is 19.8 Å². The fraction of sp³-hybridized carbons (Fsp3) is 0.529. The lowest BCUT2D eigenvalue weighted by Crippen LogP contribution is -2.45. The van der Waals surface area contributed by atoms with Crippen LogP contribution in [-0.2, 0) is 14.4 Å². The van der Waals surface area contributed by atoms with Crippen molar-refractivity contribution in [3.63, 3.8) is 0 Å². The Morgan fingerprint density at radius 2 is 1.76 bits per heavy atom. The Morgan fingerprint density at radius 1 is 1.24 bits per heavy atom. The van der Waals surface area contributed by atoms with Gasteiger partial charge in [0, 0.05) is 12.1 Å². The molecule has 1 aromatic rings. The summed E-state index contributed by atoms with van der Waals surface area (Å²) in [5.74, 6) is -5.49. The number of nitro benzene ring substituents is 2. The first kappa shape index (κ1) is 22.2. The zero-order valence-corrected chi connectivity index (χ0v) is 16.2. The van der Waals surface area contributed by atoms with Crippen molar-refractivity contribution in [2.24, 2.45) is 11.8 Å². The largest absolute Gasteiger partial charge is 0.466 e. The predicted octanol–water partition coefficient (Wildman–Crippen LogP) is 1.80. The Morgan fingerprint density at radius 3 is 2.17 bits per heavy atom. The van der Waals surface area contributed by atoms with Crippen molar-refractivity contribution in [1.29, 1.82) is 0 Å². The first-order valence-corrected chi connectivity index (χ1v) is 8.76. The van der Waals surface area contributed by atoms with Crippen molar-refractivity contribution >= 4 is 23.3 Å². The van der Waals surface area contributed by atoms with Crippen molar-refractivity contribution in [2.75, 3.05) is 6.61 Å². The Labute approximate surface area is 165 Å². The van der Waals surface area contributed by atoms with Gasteiger partial charge < -0.3 is 9.84 Å². The third-order valence-corrected chi connectivity index (χ3v) is 4.47. The normalized spacial score (nSPS) is 23.9. The van der Waals surface area contributed by atoms with E-state index < -0.39 is 62.3 Å². The molecular weight excluding hydrogens is 390 g/mol. The first-order valence-electron chi connectivity index (χ1n) is 8.76. The predicted molar refractivity (Wildman–Crippen MR) is 96.4 cm³/mol. The second-order valence-corrected chi connectivity index (χ2v) is 6.99. The van der Waals surface area contributed by atoms with E-state index in [2.05, 4.69) is 0 Å². The van der Waals surface area contributed by atoms with Gasteiger partial charge in [0.05, 0.1) is 34.1 Å². The van der Waals surface area contributed by atoms with Crippen LogP contribution in [0.4, 0.5) is 11.4 Å². The number of esters is 1. The summed E-state index contributed by atoms with van der Waals surface area (Å²) in [4.78, 5) is 51.2. The summed E-state index contributed by atoms with van der Waals surface area (Å²) >= 11 is 0. The van der Waals surface area contributed by atoms with Crippen LogP contribution in [0.5, 0.6) is 0 Å². The second kappa shape index (κ2) is 8.09. The summed E-state index contributed by atoms with van der Waals surface area (Å²) in [6.45, 7) is 6.17. The molecule has 3 atom stereocenters. The minimum Gasteiger partial charge on any atom is -0.466 e. The molecule has 12 heteroatoms. The van der Waals surface area contributed by atoms with Gasteiger partial charge in [0.15, 0.2) is 0 Å². The summed E-state index contributed by atoms with van der Waals surface area (Å²) < 4.78 is 4.98.